The zero-order valence-corrected chi connectivity index (χ0v) is 11.7. The molecule has 1 aliphatic carbocycles. The molecule has 1 N–H and O–H groups in total. The molecule has 1 aromatic heterocycles. The number of carbonyl (C=O) groups excluding carboxylic acids is 1. The number of aromatic carboxylic acids is 1. The van der Waals surface area contributed by atoms with Gasteiger partial charge in [0, 0.05) is 4.88 Å². The molecule has 19 heavy (non-hydrogen) atoms. The molecule has 1 saturated carbocycles. The van der Waals surface area contributed by atoms with Crippen LogP contribution in [-0.2, 0) is 4.74 Å². The third kappa shape index (κ3) is 3.12. The van der Waals surface area contributed by atoms with Gasteiger partial charge >= 0.3 is 11.9 Å². The second-order valence-corrected chi connectivity index (χ2v) is 5.62. The number of carboxylic acid groups (broad SMARTS) is 1. The molecule has 0 saturated heterocycles. The summed E-state index contributed by atoms with van der Waals surface area (Å²) < 4.78 is 4.88. The van der Waals surface area contributed by atoms with E-state index in [0.717, 1.165) is 30.6 Å². The molecule has 0 bridgehead atoms. The van der Waals surface area contributed by atoms with Crippen LogP contribution in [0.25, 0.3) is 0 Å². The topological polar surface area (TPSA) is 76.5 Å². The molecule has 1 aromatic rings. The predicted molar refractivity (Wildman–Crippen MR) is 70.9 cm³/mol. The number of rotatable bonds is 4. The number of ether oxygens (including phenoxy) is 1. The fourth-order valence-electron chi connectivity index (χ4n) is 2.41. The van der Waals surface area contributed by atoms with Gasteiger partial charge < -0.3 is 9.84 Å². The van der Waals surface area contributed by atoms with Gasteiger partial charge in [0.15, 0.2) is 5.69 Å². The standard InChI is InChI=1S/C13H17NO4S/c1-2-18-13(17)11-14-9(12(15)16)10(19-11)8-6-4-3-5-7-8/h8H,2-7H2,1H3,(H,15,16). The third-order valence-electron chi connectivity index (χ3n) is 3.28. The minimum absolute atomic E-state index is 0.0277. The molecule has 0 aliphatic heterocycles. The first-order chi connectivity index (χ1) is 9.13. The fourth-order valence-corrected chi connectivity index (χ4v) is 3.53. The molecule has 1 aliphatic rings. The Morgan fingerprint density at radius 2 is 2.05 bits per heavy atom. The summed E-state index contributed by atoms with van der Waals surface area (Å²) in [5.41, 5.74) is 0.0277. The van der Waals surface area contributed by atoms with Crippen LogP contribution in [0.3, 0.4) is 0 Å². The van der Waals surface area contributed by atoms with E-state index in [9.17, 15) is 14.7 Å². The summed E-state index contributed by atoms with van der Waals surface area (Å²) in [4.78, 5) is 27.6. The van der Waals surface area contributed by atoms with Crippen molar-refractivity contribution in [3.05, 3.63) is 15.6 Å². The third-order valence-corrected chi connectivity index (χ3v) is 4.48. The Bertz CT molecular complexity index is 477. The molecule has 6 heteroatoms. The molecule has 0 spiro atoms. The molecule has 0 radical (unpaired) electrons. The Hall–Kier alpha value is -1.43. The SMILES string of the molecule is CCOC(=O)c1nc(C(=O)O)c(C2CCCCC2)s1. The largest absolute Gasteiger partial charge is 0.476 e. The molecule has 1 heterocycles. The number of hydrogen-bond acceptors (Lipinski definition) is 5. The Kier molecular flexibility index (Phi) is 4.52. The Balaban J connectivity index is 2.29. The van der Waals surface area contributed by atoms with Crippen molar-refractivity contribution >= 4 is 23.3 Å². The number of carboxylic acids is 1. The number of esters is 1. The van der Waals surface area contributed by atoms with Crippen LogP contribution in [0.15, 0.2) is 0 Å². The van der Waals surface area contributed by atoms with Crippen molar-refractivity contribution in [3.63, 3.8) is 0 Å². The highest BCUT2D eigenvalue weighted by atomic mass is 32.1. The molecular weight excluding hydrogens is 266 g/mol. The van der Waals surface area contributed by atoms with Crippen LogP contribution in [0.4, 0.5) is 0 Å². The van der Waals surface area contributed by atoms with Crippen molar-refractivity contribution in [2.45, 2.75) is 44.9 Å². The smallest absolute Gasteiger partial charge is 0.367 e. The van der Waals surface area contributed by atoms with Gasteiger partial charge in [-0.3, -0.25) is 0 Å². The van der Waals surface area contributed by atoms with Crippen LogP contribution in [0.1, 0.15) is 70.1 Å². The summed E-state index contributed by atoms with van der Waals surface area (Å²) in [6.45, 7) is 1.98. The highest BCUT2D eigenvalue weighted by molar-refractivity contribution is 7.13. The molecule has 104 valence electrons. The molecular formula is C13H17NO4S. The Labute approximate surface area is 115 Å². The number of hydrogen-bond donors (Lipinski definition) is 1. The van der Waals surface area contributed by atoms with Gasteiger partial charge in [-0.15, -0.1) is 11.3 Å². The average molecular weight is 283 g/mol. The summed E-state index contributed by atoms with van der Waals surface area (Å²) in [5, 5.41) is 9.37. The van der Waals surface area contributed by atoms with Gasteiger partial charge in [-0.2, -0.15) is 0 Å². The Morgan fingerprint density at radius 1 is 1.37 bits per heavy atom. The van der Waals surface area contributed by atoms with Crippen molar-refractivity contribution < 1.29 is 19.4 Å². The van der Waals surface area contributed by atoms with E-state index in [1.54, 1.807) is 6.92 Å². The van der Waals surface area contributed by atoms with E-state index in [0.29, 0.717) is 0 Å². The summed E-state index contributed by atoms with van der Waals surface area (Å²) in [5.74, 6) is -1.37. The number of nitrogens with zero attached hydrogens (tertiary/aromatic N) is 1. The van der Waals surface area contributed by atoms with E-state index in [2.05, 4.69) is 4.98 Å². The van der Waals surface area contributed by atoms with Crippen LogP contribution < -0.4 is 0 Å². The first-order valence-electron chi connectivity index (χ1n) is 6.54. The van der Waals surface area contributed by atoms with Crippen LogP contribution in [0, 0.1) is 0 Å². The normalized spacial score (nSPS) is 16.3. The molecule has 0 atom stereocenters. The second-order valence-electron chi connectivity index (χ2n) is 4.59. The van der Waals surface area contributed by atoms with E-state index < -0.39 is 11.9 Å². The molecule has 2 rings (SSSR count). The van der Waals surface area contributed by atoms with Gasteiger partial charge in [0.25, 0.3) is 0 Å². The van der Waals surface area contributed by atoms with E-state index in [-0.39, 0.29) is 23.2 Å². The lowest BCUT2D eigenvalue weighted by Crippen LogP contribution is -2.09. The lowest BCUT2D eigenvalue weighted by atomic mass is 9.87. The molecule has 1 fully saturated rings. The quantitative estimate of drug-likeness (QED) is 0.859. The number of thiazole rings is 1. The molecule has 5 nitrogen and oxygen atoms in total. The van der Waals surface area contributed by atoms with Crippen LogP contribution in [0.2, 0.25) is 0 Å². The van der Waals surface area contributed by atoms with E-state index in [1.807, 2.05) is 0 Å². The minimum atomic E-state index is -1.06. The minimum Gasteiger partial charge on any atom is -0.476 e. The number of aromatic nitrogens is 1. The summed E-state index contributed by atoms with van der Waals surface area (Å²) in [7, 11) is 0. The number of carbonyl (C=O) groups is 2. The van der Waals surface area contributed by atoms with Crippen LogP contribution in [0.5, 0.6) is 0 Å². The van der Waals surface area contributed by atoms with Gasteiger partial charge in [-0.05, 0) is 25.7 Å². The van der Waals surface area contributed by atoms with E-state index >= 15 is 0 Å². The monoisotopic (exact) mass is 283 g/mol. The highest BCUT2D eigenvalue weighted by Crippen LogP contribution is 2.37. The maximum absolute atomic E-state index is 11.6. The van der Waals surface area contributed by atoms with Crippen molar-refractivity contribution in [1.82, 2.24) is 4.98 Å². The van der Waals surface area contributed by atoms with Gasteiger partial charge in [-0.1, -0.05) is 19.3 Å². The van der Waals surface area contributed by atoms with Crippen molar-refractivity contribution in [2.75, 3.05) is 6.61 Å². The predicted octanol–water partition coefficient (Wildman–Crippen LogP) is 3.07. The van der Waals surface area contributed by atoms with Crippen LogP contribution in [-0.4, -0.2) is 28.6 Å². The van der Waals surface area contributed by atoms with Gasteiger partial charge in [-0.25, -0.2) is 14.6 Å². The first kappa shape index (κ1) is 14.0. The van der Waals surface area contributed by atoms with Crippen molar-refractivity contribution in [3.8, 4) is 0 Å². The molecule has 0 aromatic carbocycles. The lowest BCUT2D eigenvalue weighted by molar-refractivity contribution is 0.0526. The average Bonchev–Trinajstić information content (AvgIpc) is 2.85. The summed E-state index contributed by atoms with van der Waals surface area (Å²) in [6.07, 6.45) is 5.37. The first-order valence-corrected chi connectivity index (χ1v) is 7.36. The van der Waals surface area contributed by atoms with Crippen molar-refractivity contribution in [1.29, 1.82) is 0 Å². The van der Waals surface area contributed by atoms with Gasteiger partial charge in [0.1, 0.15) is 0 Å². The maximum Gasteiger partial charge on any atom is 0.367 e. The fraction of sp³-hybridized carbons (Fsp3) is 0.615. The zero-order valence-electron chi connectivity index (χ0n) is 10.8. The molecule has 0 unspecified atom stereocenters. The van der Waals surface area contributed by atoms with Crippen LogP contribution >= 0.6 is 11.3 Å². The van der Waals surface area contributed by atoms with E-state index in [1.165, 1.54) is 17.8 Å². The second kappa shape index (κ2) is 6.14. The maximum atomic E-state index is 11.6. The lowest BCUT2D eigenvalue weighted by Gasteiger charge is -2.20. The summed E-state index contributed by atoms with van der Waals surface area (Å²) >= 11 is 1.18. The van der Waals surface area contributed by atoms with Gasteiger partial charge in [0.05, 0.1) is 6.61 Å². The Morgan fingerprint density at radius 3 is 2.63 bits per heavy atom. The highest BCUT2D eigenvalue weighted by Gasteiger charge is 2.28. The summed E-state index contributed by atoms with van der Waals surface area (Å²) in [6, 6.07) is 0. The van der Waals surface area contributed by atoms with E-state index in [4.69, 9.17) is 4.74 Å². The van der Waals surface area contributed by atoms with Crippen molar-refractivity contribution in [2.24, 2.45) is 0 Å². The molecule has 0 amide bonds. The van der Waals surface area contributed by atoms with Gasteiger partial charge in [0.2, 0.25) is 5.01 Å². The zero-order chi connectivity index (χ0) is 13.8.